The van der Waals surface area contributed by atoms with Crippen molar-refractivity contribution in [2.45, 2.75) is 0 Å². The van der Waals surface area contributed by atoms with Crippen molar-refractivity contribution in [1.29, 1.82) is 0 Å². The zero-order chi connectivity index (χ0) is 13.7. The Morgan fingerprint density at radius 2 is 1.89 bits per heavy atom. The number of ether oxygens (including phenoxy) is 1. The molecule has 2 rings (SSSR count). The van der Waals surface area contributed by atoms with Crippen LogP contribution in [0.3, 0.4) is 0 Å². The van der Waals surface area contributed by atoms with Crippen molar-refractivity contribution in [1.82, 2.24) is 4.98 Å². The topological polar surface area (TPSA) is 59.4 Å². The zero-order valence-electron chi connectivity index (χ0n) is 10.4. The number of nitrogens with zero attached hydrogens (tertiary/aromatic N) is 1. The molecule has 0 aliphatic rings. The molecule has 0 fully saturated rings. The number of benzene rings is 1. The van der Waals surface area contributed by atoms with E-state index in [1.54, 1.807) is 25.3 Å². The van der Waals surface area contributed by atoms with Gasteiger partial charge in [0.05, 0.1) is 12.8 Å². The summed E-state index contributed by atoms with van der Waals surface area (Å²) in [4.78, 5) is 14.8. The molecule has 0 unspecified atom stereocenters. The highest BCUT2D eigenvalue weighted by Crippen LogP contribution is 2.13. The van der Waals surface area contributed by atoms with Crippen molar-refractivity contribution in [2.24, 2.45) is 0 Å². The SMILES string of the molecule is COc1ccc(/C=C/c2cccc(C(=O)O)n2)cc1. The second-order valence-electron chi connectivity index (χ2n) is 3.86. The first-order valence-electron chi connectivity index (χ1n) is 5.71. The quantitative estimate of drug-likeness (QED) is 0.912. The number of carboxylic acids is 1. The van der Waals surface area contributed by atoms with Crippen LogP contribution in [0.1, 0.15) is 21.7 Å². The number of rotatable bonds is 4. The Kier molecular flexibility index (Phi) is 3.93. The molecule has 0 atom stereocenters. The summed E-state index contributed by atoms with van der Waals surface area (Å²) in [7, 11) is 1.62. The number of aromatic nitrogens is 1. The third kappa shape index (κ3) is 3.42. The van der Waals surface area contributed by atoms with Gasteiger partial charge in [-0.05, 0) is 35.9 Å². The third-order valence-electron chi connectivity index (χ3n) is 2.55. The highest BCUT2D eigenvalue weighted by Gasteiger charge is 2.03. The van der Waals surface area contributed by atoms with Crippen molar-refractivity contribution in [3.63, 3.8) is 0 Å². The third-order valence-corrected chi connectivity index (χ3v) is 2.55. The summed E-state index contributed by atoms with van der Waals surface area (Å²) in [6.45, 7) is 0. The van der Waals surface area contributed by atoms with Gasteiger partial charge in [-0.15, -0.1) is 0 Å². The number of methoxy groups -OCH3 is 1. The van der Waals surface area contributed by atoms with E-state index in [4.69, 9.17) is 9.84 Å². The minimum Gasteiger partial charge on any atom is -0.497 e. The first-order chi connectivity index (χ1) is 9.19. The molecule has 0 aliphatic heterocycles. The average molecular weight is 255 g/mol. The Morgan fingerprint density at radius 3 is 2.53 bits per heavy atom. The van der Waals surface area contributed by atoms with E-state index in [0.29, 0.717) is 5.69 Å². The lowest BCUT2D eigenvalue weighted by atomic mass is 10.2. The van der Waals surface area contributed by atoms with E-state index in [-0.39, 0.29) is 5.69 Å². The number of hydrogen-bond acceptors (Lipinski definition) is 3. The molecule has 1 aromatic heterocycles. The normalized spacial score (nSPS) is 10.6. The molecule has 0 amide bonds. The minimum atomic E-state index is -1.03. The van der Waals surface area contributed by atoms with Crippen LogP contribution in [-0.2, 0) is 0 Å². The molecule has 4 heteroatoms. The van der Waals surface area contributed by atoms with Crippen molar-refractivity contribution in [2.75, 3.05) is 7.11 Å². The van der Waals surface area contributed by atoms with Crippen LogP contribution in [0.4, 0.5) is 0 Å². The van der Waals surface area contributed by atoms with E-state index in [9.17, 15) is 4.79 Å². The molecule has 19 heavy (non-hydrogen) atoms. The Morgan fingerprint density at radius 1 is 1.16 bits per heavy atom. The maximum absolute atomic E-state index is 10.8. The van der Waals surface area contributed by atoms with E-state index < -0.39 is 5.97 Å². The highest BCUT2D eigenvalue weighted by atomic mass is 16.5. The number of aromatic carboxylic acids is 1. The van der Waals surface area contributed by atoms with Crippen LogP contribution in [-0.4, -0.2) is 23.2 Å². The molecule has 0 aliphatic carbocycles. The first kappa shape index (κ1) is 12.8. The second-order valence-corrected chi connectivity index (χ2v) is 3.86. The molecule has 1 N–H and O–H groups in total. The van der Waals surface area contributed by atoms with Crippen LogP contribution >= 0.6 is 0 Å². The van der Waals surface area contributed by atoms with E-state index in [1.807, 2.05) is 30.3 Å². The van der Waals surface area contributed by atoms with Gasteiger partial charge < -0.3 is 9.84 Å². The van der Waals surface area contributed by atoms with Gasteiger partial charge in [0.1, 0.15) is 11.4 Å². The van der Waals surface area contributed by atoms with Gasteiger partial charge in [0, 0.05) is 0 Å². The van der Waals surface area contributed by atoms with Gasteiger partial charge in [-0.3, -0.25) is 0 Å². The van der Waals surface area contributed by atoms with Gasteiger partial charge in [-0.2, -0.15) is 0 Å². The van der Waals surface area contributed by atoms with Crippen molar-refractivity contribution in [3.8, 4) is 5.75 Å². The van der Waals surface area contributed by atoms with Crippen LogP contribution < -0.4 is 4.74 Å². The molecular weight excluding hydrogens is 242 g/mol. The molecule has 0 radical (unpaired) electrons. The number of carboxylic acid groups (broad SMARTS) is 1. The van der Waals surface area contributed by atoms with Crippen LogP contribution in [0.2, 0.25) is 0 Å². The summed E-state index contributed by atoms with van der Waals surface area (Å²) >= 11 is 0. The van der Waals surface area contributed by atoms with E-state index in [0.717, 1.165) is 11.3 Å². The Labute approximate surface area is 111 Å². The summed E-state index contributed by atoms with van der Waals surface area (Å²) < 4.78 is 5.07. The van der Waals surface area contributed by atoms with E-state index >= 15 is 0 Å². The van der Waals surface area contributed by atoms with Crippen molar-refractivity contribution >= 4 is 18.1 Å². The molecule has 4 nitrogen and oxygen atoms in total. The summed E-state index contributed by atoms with van der Waals surface area (Å²) in [5, 5.41) is 8.85. The Hall–Kier alpha value is -2.62. The number of pyridine rings is 1. The summed E-state index contributed by atoms with van der Waals surface area (Å²) in [6.07, 6.45) is 3.64. The maximum atomic E-state index is 10.8. The van der Waals surface area contributed by atoms with E-state index in [1.165, 1.54) is 6.07 Å². The second kappa shape index (κ2) is 5.82. The van der Waals surface area contributed by atoms with Gasteiger partial charge in [-0.25, -0.2) is 9.78 Å². The van der Waals surface area contributed by atoms with E-state index in [2.05, 4.69) is 4.98 Å². The maximum Gasteiger partial charge on any atom is 0.354 e. The van der Waals surface area contributed by atoms with Gasteiger partial charge in [-0.1, -0.05) is 24.3 Å². The number of carbonyl (C=O) groups is 1. The highest BCUT2D eigenvalue weighted by molar-refractivity contribution is 5.85. The molecule has 0 spiro atoms. The summed E-state index contributed by atoms with van der Waals surface area (Å²) in [6, 6.07) is 12.4. The van der Waals surface area contributed by atoms with Crippen LogP contribution in [0.25, 0.3) is 12.2 Å². The van der Waals surface area contributed by atoms with Crippen molar-refractivity contribution in [3.05, 3.63) is 59.4 Å². The Balaban J connectivity index is 2.17. The first-order valence-corrected chi connectivity index (χ1v) is 5.71. The van der Waals surface area contributed by atoms with Crippen LogP contribution in [0.15, 0.2) is 42.5 Å². The Bertz CT molecular complexity index is 603. The largest absolute Gasteiger partial charge is 0.497 e. The molecule has 0 bridgehead atoms. The summed E-state index contributed by atoms with van der Waals surface area (Å²) in [5.74, 6) is -0.233. The zero-order valence-corrected chi connectivity index (χ0v) is 10.4. The standard InChI is InChI=1S/C15H13NO3/c1-19-13-9-6-11(7-10-13)5-8-12-3-2-4-14(16-12)15(17)18/h2-10H,1H3,(H,17,18)/b8-5+. The lowest BCUT2D eigenvalue weighted by Gasteiger charge is -1.99. The van der Waals surface area contributed by atoms with Gasteiger partial charge in [0.2, 0.25) is 0 Å². The monoisotopic (exact) mass is 255 g/mol. The molecule has 0 saturated heterocycles. The van der Waals surface area contributed by atoms with Gasteiger partial charge in [0.15, 0.2) is 0 Å². The lowest BCUT2D eigenvalue weighted by Crippen LogP contribution is -2.00. The smallest absolute Gasteiger partial charge is 0.354 e. The fraction of sp³-hybridized carbons (Fsp3) is 0.0667. The van der Waals surface area contributed by atoms with Gasteiger partial charge in [0.25, 0.3) is 0 Å². The van der Waals surface area contributed by atoms with Crippen LogP contribution in [0, 0.1) is 0 Å². The molecule has 96 valence electrons. The predicted octanol–water partition coefficient (Wildman–Crippen LogP) is 2.96. The predicted molar refractivity (Wildman–Crippen MR) is 73.1 cm³/mol. The average Bonchev–Trinajstić information content (AvgIpc) is 2.46. The fourth-order valence-corrected chi connectivity index (χ4v) is 1.56. The van der Waals surface area contributed by atoms with Crippen molar-refractivity contribution < 1.29 is 14.6 Å². The summed E-state index contributed by atoms with van der Waals surface area (Å²) in [5.41, 5.74) is 1.64. The number of hydrogen-bond donors (Lipinski definition) is 1. The lowest BCUT2D eigenvalue weighted by molar-refractivity contribution is 0.0690. The van der Waals surface area contributed by atoms with Crippen LogP contribution in [0.5, 0.6) is 5.75 Å². The molecule has 2 aromatic rings. The molecule has 1 aromatic carbocycles. The molecular formula is C15H13NO3. The van der Waals surface area contributed by atoms with Gasteiger partial charge >= 0.3 is 5.97 Å². The minimum absolute atomic E-state index is 0.0388. The fourth-order valence-electron chi connectivity index (χ4n) is 1.56. The molecule has 1 heterocycles. The molecule has 0 saturated carbocycles.